The van der Waals surface area contributed by atoms with Crippen molar-refractivity contribution < 1.29 is 22.7 Å². The van der Waals surface area contributed by atoms with E-state index in [0.29, 0.717) is 5.56 Å². The largest absolute Gasteiger partial charge is 0.466 e. The summed E-state index contributed by atoms with van der Waals surface area (Å²) in [6, 6.07) is 12.6. The summed E-state index contributed by atoms with van der Waals surface area (Å²) in [4.78, 5) is 24.0. The van der Waals surface area contributed by atoms with Gasteiger partial charge in [0.05, 0.1) is 17.5 Å². The summed E-state index contributed by atoms with van der Waals surface area (Å²) in [6.07, 6.45) is -0.565. The van der Waals surface area contributed by atoms with Crippen molar-refractivity contribution in [2.24, 2.45) is 0 Å². The molecule has 0 saturated carbocycles. The first-order valence-electron chi connectivity index (χ1n) is 8.73. The summed E-state index contributed by atoms with van der Waals surface area (Å²) in [5.41, 5.74) is 1.55. The second-order valence-electron chi connectivity index (χ2n) is 6.27. The van der Waals surface area contributed by atoms with Gasteiger partial charge in [-0.25, -0.2) is 13.1 Å². The number of ether oxygens (including phenoxy) is 1. The van der Waals surface area contributed by atoms with Crippen LogP contribution in [0.1, 0.15) is 36.9 Å². The minimum atomic E-state index is -3.86. The van der Waals surface area contributed by atoms with Gasteiger partial charge in [0.25, 0.3) is 0 Å². The lowest BCUT2D eigenvalue weighted by atomic mass is 10.0. The van der Waals surface area contributed by atoms with Crippen LogP contribution in [-0.4, -0.2) is 26.8 Å². The molecule has 28 heavy (non-hydrogen) atoms. The molecule has 0 spiro atoms. The summed E-state index contributed by atoms with van der Waals surface area (Å²) >= 11 is 3.35. The normalized spacial score (nSPS) is 12.4. The van der Waals surface area contributed by atoms with Crippen molar-refractivity contribution in [3.05, 3.63) is 64.1 Å². The number of nitrogens with one attached hydrogen (secondary N) is 1. The van der Waals surface area contributed by atoms with Crippen molar-refractivity contribution in [1.82, 2.24) is 4.72 Å². The van der Waals surface area contributed by atoms with E-state index in [1.54, 1.807) is 43.3 Å². The number of rotatable bonds is 9. The summed E-state index contributed by atoms with van der Waals surface area (Å²) in [5.74, 6) is -1.03. The Hall–Kier alpha value is -2.03. The molecule has 2 aromatic rings. The van der Waals surface area contributed by atoms with Crippen LogP contribution in [0.25, 0.3) is 0 Å². The minimum absolute atomic E-state index is 0.107. The zero-order valence-corrected chi connectivity index (χ0v) is 18.0. The first-order chi connectivity index (χ1) is 13.2. The monoisotopic (exact) mass is 467 g/mol. The SMILES string of the molecule is CCOC(=O)CC(=O)CC(NS(=O)(=O)c1ccc(C)cc1)c1cccc(Br)c1. The van der Waals surface area contributed by atoms with Gasteiger partial charge in [-0.15, -0.1) is 0 Å². The number of sulfonamides is 1. The fraction of sp³-hybridized carbons (Fsp3) is 0.300. The smallest absolute Gasteiger partial charge is 0.313 e. The number of benzene rings is 2. The summed E-state index contributed by atoms with van der Waals surface area (Å²) in [6.45, 7) is 3.70. The van der Waals surface area contributed by atoms with Crippen molar-refractivity contribution in [3.63, 3.8) is 0 Å². The molecule has 0 aliphatic heterocycles. The molecule has 2 aromatic carbocycles. The molecule has 2 rings (SSSR count). The highest BCUT2D eigenvalue weighted by Crippen LogP contribution is 2.24. The van der Waals surface area contributed by atoms with E-state index in [4.69, 9.17) is 4.74 Å². The van der Waals surface area contributed by atoms with Crippen molar-refractivity contribution in [2.45, 2.75) is 37.6 Å². The van der Waals surface area contributed by atoms with Crippen molar-refractivity contribution >= 4 is 37.7 Å². The lowest BCUT2D eigenvalue weighted by Crippen LogP contribution is -2.30. The molecule has 0 bridgehead atoms. The fourth-order valence-corrected chi connectivity index (χ4v) is 4.24. The Morgan fingerprint density at radius 2 is 1.82 bits per heavy atom. The van der Waals surface area contributed by atoms with Crippen LogP contribution in [0.2, 0.25) is 0 Å². The van der Waals surface area contributed by atoms with Crippen LogP contribution < -0.4 is 4.72 Å². The second-order valence-corrected chi connectivity index (χ2v) is 8.90. The Morgan fingerprint density at radius 3 is 2.43 bits per heavy atom. The van der Waals surface area contributed by atoms with Crippen LogP contribution in [0.15, 0.2) is 57.9 Å². The highest BCUT2D eigenvalue weighted by molar-refractivity contribution is 9.10. The van der Waals surface area contributed by atoms with Gasteiger partial charge >= 0.3 is 5.97 Å². The van der Waals surface area contributed by atoms with Gasteiger partial charge in [0.15, 0.2) is 0 Å². The van der Waals surface area contributed by atoms with Gasteiger partial charge in [0.1, 0.15) is 12.2 Å². The van der Waals surface area contributed by atoms with Gasteiger partial charge in [0.2, 0.25) is 10.0 Å². The minimum Gasteiger partial charge on any atom is -0.466 e. The Balaban J connectivity index is 2.26. The van der Waals surface area contributed by atoms with E-state index in [9.17, 15) is 18.0 Å². The maximum absolute atomic E-state index is 12.8. The molecule has 1 atom stereocenters. The predicted octanol–water partition coefficient (Wildman–Crippen LogP) is 3.69. The van der Waals surface area contributed by atoms with E-state index < -0.39 is 34.2 Å². The zero-order chi connectivity index (χ0) is 20.7. The standard InChI is InChI=1S/C20H22BrNO5S/c1-3-27-20(24)13-17(23)12-19(15-5-4-6-16(21)11-15)22-28(25,26)18-9-7-14(2)8-10-18/h4-11,19,22H,3,12-13H2,1-2H3. The maximum Gasteiger partial charge on any atom is 0.313 e. The number of Topliss-reactive ketones (excluding diaryl/α,β-unsaturated/α-hetero) is 1. The Morgan fingerprint density at radius 1 is 1.14 bits per heavy atom. The Kier molecular flexibility index (Phi) is 7.91. The van der Waals surface area contributed by atoms with Gasteiger partial charge in [-0.1, -0.05) is 45.8 Å². The molecular weight excluding hydrogens is 446 g/mol. The molecule has 0 aliphatic carbocycles. The molecule has 0 radical (unpaired) electrons. The van der Waals surface area contributed by atoms with Gasteiger partial charge in [-0.2, -0.15) is 0 Å². The summed E-state index contributed by atoms with van der Waals surface area (Å²) in [7, 11) is -3.86. The number of carbonyl (C=O) groups excluding carboxylic acids is 2. The van der Waals surface area contributed by atoms with Crippen molar-refractivity contribution in [2.75, 3.05) is 6.61 Å². The summed E-state index contributed by atoms with van der Waals surface area (Å²) < 4.78 is 33.7. The van der Waals surface area contributed by atoms with E-state index in [-0.39, 0.29) is 17.9 Å². The van der Waals surface area contributed by atoms with Crippen LogP contribution in [0.3, 0.4) is 0 Å². The Bertz CT molecular complexity index is 941. The third-order valence-corrected chi connectivity index (χ3v) is 5.94. The molecule has 8 heteroatoms. The van der Waals surface area contributed by atoms with E-state index in [0.717, 1.165) is 10.0 Å². The van der Waals surface area contributed by atoms with E-state index in [1.807, 2.05) is 6.92 Å². The van der Waals surface area contributed by atoms with Gasteiger partial charge < -0.3 is 4.74 Å². The molecule has 0 amide bonds. The highest BCUT2D eigenvalue weighted by Gasteiger charge is 2.25. The molecule has 0 saturated heterocycles. The van der Waals surface area contributed by atoms with Crippen molar-refractivity contribution in [1.29, 1.82) is 0 Å². The van der Waals surface area contributed by atoms with Gasteiger partial charge in [-0.05, 0) is 43.7 Å². The van der Waals surface area contributed by atoms with Crippen LogP contribution in [0, 0.1) is 6.92 Å². The average molecular weight is 468 g/mol. The van der Waals surface area contributed by atoms with E-state index in [2.05, 4.69) is 20.7 Å². The first-order valence-corrected chi connectivity index (χ1v) is 11.0. The molecule has 150 valence electrons. The number of esters is 1. The number of hydrogen-bond donors (Lipinski definition) is 1. The number of hydrogen-bond acceptors (Lipinski definition) is 5. The highest BCUT2D eigenvalue weighted by atomic mass is 79.9. The fourth-order valence-electron chi connectivity index (χ4n) is 2.60. The number of carbonyl (C=O) groups is 2. The number of ketones is 1. The van der Waals surface area contributed by atoms with E-state index >= 15 is 0 Å². The molecule has 0 aromatic heterocycles. The molecule has 6 nitrogen and oxygen atoms in total. The maximum atomic E-state index is 12.8. The molecular formula is C20H22BrNO5S. The third kappa shape index (κ3) is 6.54. The van der Waals surface area contributed by atoms with Crippen LogP contribution in [0.5, 0.6) is 0 Å². The van der Waals surface area contributed by atoms with Crippen LogP contribution >= 0.6 is 15.9 Å². The topological polar surface area (TPSA) is 89.5 Å². The molecule has 0 aliphatic rings. The molecule has 1 N–H and O–H groups in total. The first kappa shape index (κ1) is 22.3. The summed E-state index contributed by atoms with van der Waals surface area (Å²) in [5, 5.41) is 0. The lowest BCUT2D eigenvalue weighted by Gasteiger charge is -2.19. The lowest BCUT2D eigenvalue weighted by molar-refractivity contribution is -0.145. The molecule has 0 fully saturated rings. The van der Waals surface area contributed by atoms with Crippen molar-refractivity contribution in [3.8, 4) is 0 Å². The quantitative estimate of drug-likeness (QED) is 0.448. The average Bonchev–Trinajstić information content (AvgIpc) is 2.61. The van der Waals surface area contributed by atoms with Gasteiger partial charge in [-0.3, -0.25) is 9.59 Å². The van der Waals surface area contributed by atoms with Crippen LogP contribution in [0.4, 0.5) is 0 Å². The number of aryl methyl sites for hydroxylation is 1. The van der Waals surface area contributed by atoms with Crippen LogP contribution in [-0.2, 0) is 24.3 Å². The Labute approximate surface area is 173 Å². The third-order valence-electron chi connectivity index (χ3n) is 3.96. The molecule has 1 unspecified atom stereocenters. The van der Waals surface area contributed by atoms with E-state index in [1.165, 1.54) is 12.1 Å². The van der Waals surface area contributed by atoms with Gasteiger partial charge in [0, 0.05) is 10.9 Å². The number of halogens is 1. The second kappa shape index (κ2) is 9.95. The zero-order valence-electron chi connectivity index (χ0n) is 15.6. The molecule has 0 heterocycles. The predicted molar refractivity (Wildman–Crippen MR) is 109 cm³/mol.